The fourth-order valence-corrected chi connectivity index (χ4v) is 1.57. The molecule has 0 radical (unpaired) electrons. The molecule has 82 valence electrons. The molecule has 0 aromatic heterocycles. The highest BCUT2D eigenvalue weighted by Gasteiger charge is 2.07. The zero-order valence-corrected chi connectivity index (χ0v) is 10.0. The van der Waals surface area contributed by atoms with Gasteiger partial charge >= 0.3 is 0 Å². The molecular weight excluding hydrogens is 188 g/mol. The molecule has 0 atom stereocenters. The number of aryl methyl sites for hydroxylation is 2. The van der Waals surface area contributed by atoms with Crippen LogP contribution in [0.2, 0.25) is 0 Å². The number of benzene rings is 1. The summed E-state index contributed by atoms with van der Waals surface area (Å²) in [5.41, 5.74) is 4.26. The fraction of sp³-hybridized carbons (Fsp3) is 0.417. The SMILES string of the molecule is CC(=O)Nc1c(C)cc(N(C)C)cc1C. The van der Waals surface area contributed by atoms with Gasteiger partial charge in [-0.15, -0.1) is 0 Å². The molecule has 1 N–H and O–H groups in total. The Labute approximate surface area is 91.1 Å². The van der Waals surface area contributed by atoms with Crippen LogP contribution in [0.25, 0.3) is 0 Å². The third kappa shape index (κ3) is 2.72. The standard InChI is InChI=1S/C12H18N2O/c1-8-6-11(14(4)5)7-9(2)12(8)13-10(3)15/h6-7H,1-5H3,(H,13,15). The van der Waals surface area contributed by atoms with E-state index in [9.17, 15) is 4.79 Å². The third-order valence-corrected chi connectivity index (χ3v) is 2.33. The number of hydrogen-bond acceptors (Lipinski definition) is 2. The van der Waals surface area contributed by atoms with Crippen molar-refractivity contribution in [3.05, 3.63) is 23.3 Å². The van der Waals surface area contributed by atoms with Crippen LogP contribution in [-0.2, 0) is 4.79 Å². The summed E-state index contributed by atoms with van der Waals surface area (Å²) < 4.78 is 0. The number of amides is 1. The van der Waals surface area contributed by atoms with Gasteiger partial charge in [0.1, 0.15) is 0 Å². The van der Waals surface area contributed by atoms with Gasteiger partial charge in [0.25, 0.3) is 0 Å². The number of nitrogens with zero attached hydrogens (tertiary/aromatic N) is 1. The summed E-state index contributed by atoms with van der Waals surface area (Å²) in [5, 5.41) is 2.85. The maximum absolute atomic E-state index is 11.0. The minimum absolute atomic E-state index is 0.0289. The van der Waals surface area contributed by atoms with Crippen LogP contribution in [0.15, 0.2) is 12.1 Å². The second-order valence-corrected chi connectivity index (χ2v) is 4.03. The minimum atomic E-state index is -0.0289. The first-order valence-corrected chi connectivity index (χ1v) is 4.98. The first-order valence-electron chi connectivity index (χ1n) is 4.98. The van der Waals surface area contributed by atoms with Gasteiger partial charge in [0.05, 0.1) is 0 Å². The van der Waals surface area contributed by atoms with Gasteiger partial charge in [0.15, 0.2) is 0 Å². The van der Waals surface area contributed by atoms with Gasteiger partial charge in [-0.2, -0.15) is 0 Å². The van der Waals surface area contributed by atoms with Crippen molar-refractivity contribution in [1.82, 2.24) is 0 Å². The van der Waals surface area contributed by atoms with Crippen LogP contribution < -0.4 is 10.2 Å². The molecule has 0 bridgehead atoms. The lowest BCUT2D eigenvalue weighted by Gasteiger charge is -2.17. The van der Waals surface area contributed by atoms with E-state index in [1.165, 1.54) is 6.92 Å². The molecule has 3 nitrogen and oxygen atoms in total. The van der Waals surface area contributed by atoms with Gasteiger partial charge in [-0.25, -0.2) is 0 Å². The van der Waals surface area contributed by atoms with Gasteiger partial charge in [-0.05, 0) is 37.1 Å². The average molecular weight is 206 g/mol. The topological polar surface area (TPSA) is 32.3 Å². The van der Waals surface area contributed by atoms with Gasteiger partial charge < -0.3 is 10.2 Å². The molecule has 1 aromatic rings. The highest BCUT2D eigenvalue weighted by Crippen LogP contribution is 2.26. The average Bonchev–Trinajstić information content (AvgIpc) is 2.10. The molecule has 0 aliphatic heterocycles. The smallest absolute Gasteiger partial charge is 0.221 e. The molecule has 0 spiro atoms. The van der Waals surface area contributed by atoms with Crippen molar-refractivity contribution in [1.29, 1.82) is 0 Å². The molecular formula is C12H18N2O. The van der Waals surface area contributed by atoms with Crippen molar-refractivity contribution in [2.24, 2.45) is 0 Å². The van der Waals surface area contributed by atoms with Crippen molar-refractivity contribution in [2.75, 3.05) is 24.3 Å². The van der Waals surface area contributed by atoms with E-state index in [1.54, 1.807) is 0 Å². The number of hydrogen-bond donors (Lipinski definition) is 1. The summed E-state index contributed by atoms with van der Waals surface area (Å²) in [6.07, 6.45) is 0. The van der Waals surface area contributed by atoms with Crippen LogP contribution in [0, 0.1) is 13.8 Å². The van der Waals surface area contributed by atoms with Gasteiger partial charge in [0, 0.05) is 32.4 Å². The van der Waals surface area contributed by atoms with Crippen LogP contribution >= 0.6 is 0 Å². The van der Waals surface area contributed by atoms with Gasteiger partial charge in [-0.1, -0.05) is 0 Å². The molecule has 3 heteroatoms. The van der Waals surface area contributed by atoms with E-state index in [1.807, 2.05) is 27.9 Å². The van der Waals surface area contributed by atoms with E-state index in [4.69, 9.17) is 0 Å². The van der Waals surface area contributed by atoms with Crippen LogP contribution in [0.4, 0.5) is 11.4 Å². The van der Waals surface area contributed by atoms with Gasteiger partial charge in [-0.3, -0.25) is 4.79 Å². The summed E-state index contributed by atoms with van der Waals surface area (Å²) in [6.45, 7) is 5.54. The summed E-state index contributed by atoms with van der Waals surface area (Å²) in [6, 6.07) is 4.14. The van der Waals surface area contributed by atoms with Crippen LogP contribution in [0.5, 0.6) is 0 Å². The normalized spacial score (nSPS) is 9.93. The highest BCUT2D eigenvalue weighted by atomic mass is 16.1. The van der Waals surface area contributed by atoms with E-state index in [2.05, 4.69) is 22.3 Å². The van der Waals surface area contributed by atoms with E-state index in [0.29, 0.717) is 0 Å². The van der Waals surface area contributed by atoms with Crippen LogP contribution in [0.3, 0.4) is 0 Å². The molecule has 15 heavy (non-hydrogen) atoms. The largest absolute Gasteiger partial charge is 0.378 e. The molecule has 1 aromatic carbocycles. The Bertz CT molecular complexity index is 360. The van der Waals surface area contributed by atoms with Crippen molar-refractivity contribution >= 4 is 17.3 Å². The summed E-state index contributed by atoms with van der Waals surface area (Å²) in [4.78, 5) is 13.1. The lowest BCUT2D eigenvalue weighted by Crippen LogP contribution is -2.12. The quantitative estimate of drug-likeness (QED) is 0.805. The Balaban J connectivity index is 3.15. The van der Waals surface area contributed by atoms with E-state index in [-0.39, 0.29) is 5.91 Å². The van der Waals surface area contributed by atoms with Gasteiger partial charge in [0.2, 0.25) is 5.91 Å². The lowest BCUT2D eigenvalue weighted by atomic mass is 10.1. The van der Waals surface area contributed by atoms with E-state index in [0.717, 1.165) is 22.5 Å². The molecule has 0 aliphatic rings. The third-order valence-electron chi connectivity index (χ3n) is 2.33. The maximum atomic E-state index is 11.0. The summed E-state index contributed by atoms with van der Waals surface area (Å²) in [7, 11) is 4.01. The molecule has 0 fully saturated rings. The van der Waals surface area contributed by atoms with Crippen molar-refractivity contribution in [3.8, 4) is 0 Å². The number of carbonyl (C=O) groups is 1. The van der Waals surface area contributed by atoms with Crippen molar-refractivity contribution in [3.63, 3.8) is 0 Å². The number of carbonyl (C=O) groups excluding carboxylic acids is 1. The predicted octanol–water partition coefficient (Wildman–Crippen LogP) is 2.33. The Kier molecular flexibility index (Phi) is 3.35. The Morgan fingerprint density at radius 3 is 2.00 bits per heavy atom. The van der Waals surface area contributed by atoms with Crippen LogP contribution in [-0.4, -0.2) is 20.0 Å². The fourth-order valence-electron chi connectivity index (χ4n) is 1.57. The van der Waals surface area contributed by atoms with E-state index < -0.39 is 0 Å². The number of rotatable bonds is 2. The molecule has 0 unspecified atom stereocenters. The monoisotopic (exact) mass is 206 g/mol. The number of nitrogens with one attached hydrogen (secondary N) is 1. The molecule has 0 aliphatic carbocycles. The molecule has 0 heterocycles. The second-order valence-electron chi connectivity index (χ2n) is 4.03. The van der Waals surface area contributed by atoms with E-state index >= 15 is 0 Å². The Morgan fingerprint density at radius 1 is 1.20 bits per heavy atom. The zero-order valence-electron chi connectivity index (χ0n) is 10.0. The van der Waals surface area contributed by atoms with Crippen LogP contribution in [0.1, 0.15) is 18.1 Å². The Hall–Kier alpha value is -1.51. The molecule has 0 saturated heterocycles. The second kappa shape index (κ2) is 4.34. The highest BCUT2D eigenvalue weighted by molar-refractivity contribution is 5.91. The molecule has 1 rings (SSSR count). The first-order chi connectivity index (χ1) is 6.91. The first kappa shape index (κ1) is 11.6. The van der Waals surface area contributed by atoms with Crippen molar-refractivity contribution in [2.45, 2.75) is 20.8 Å². The minimum Gasteiger partial charge on any atom is -0.378 e. The maximum Gasteiger partial charge on any atom is 0.221 e. The summed E-state index contributed by atoms with van der Waals surface area (Å²) >= 11 is 0. The predicted molar refractivity (Wildman–Crippen MR) is 64.5 cm³/mol. The molecule has 0 saturated carbocycles. The summed E-state index contributed by atoms with van der Waals surface area (Å²) in [5.74, 6) is -0.0289. The molecule has 1 amide bonds. The number of anilines is 2. The Morgan fingerprint density at radius 2 is 1.67 bits per heavy atom. The lowest BCUT2D eigenvalue weighted by molar-refractivity contribution is -0.114. The zero-order chi connectivity index (χ0) is 11.6. The van der Waals surface area contributed by atoms with Crippen molar-refractivity contribution < 1.29 is 4.79 Å².